The molecule has 1 rings (SSSR count). The maximum Gasteiger partial charge on any atom is 0.215 e. The van der Waals surface area contributed by atoms with Crippen molar-refractivity contribution in [1.82, 2.24) is 10.3 Å². The van der Waals surface area contributed by atoms with Crippen molar-refractivity contribution < 1.29 is 8.42 Å². The van der Waals surface area contributed by atoms with E-state index >= 15 is 0 Å². The molecule has 1 aromatic rings. The van der Waals surface area contributed by atoms with E-state index in [0.717, 1.165) is 23.4 Å². The summed E-state index contributed by atoms with van der Waals surface area (Å²) in [4.78, 5) is 5.51. The number of rotatable bonds is 6. The van der Waals surface area contributed by atoms with Gasteiger partial charge >= 0.3 is 0 Å². The van der Waals surface area contributed by atoms with Gasteiger partial charge in [-0.05, 0) is 27.2 Å². The van der Waals surface area contributed by atoms with E-state index in [2.05, 4.69) is 38.0 Å². The average molecular weight is 305 g/mol. The molecule has 0 aromatic carbocycles. The van der Waals surface area contributed by atoms with Gasteiger partial charge in [-0.3, -0.25) is 0 Å². The van der Waals surface area contributed by atoms with Gasteiger partial charge in [-0.2, -0.15) is 0 Å². The summed E-state index contributed by atoms with van der Waals surface area (Å²) in [6.07, 6.45) is 1.85. The molecule has 0 fully saturated rings. The average Bonchev–Trinajstić information content (AvgIpc) is 2.54. The topological polar surface area (TPSA) is 85.1 Å². The standard InChI is InChI=1S/C12H23N3O2S2/c1-5-6-9-10(7-14-12(2,3)4)18-11(15-9)8-19(13,16)17/h14H,5-8H2,1-4H3,(H2,13,16,17). The minimum atomic E-state index is -3.51. The Balaban J connectivity index is 2.88. The number of aryl methyl sites for hydroxylation is 1. The monoisotopic (exact) mass is 305 g/mol. The molecule has 7 heteroatoms. The van der Waals surface area contributed by atoms with E-state index in [0.29, 0.717) is 11.6 Å². The van der Waals surface area contributed by atoms with Crippen LogP contribution < -0.4 is 10.5 Å². The molecule has 0 radical (unpaired) electrons. The molecule has 3 N–H and O–H groups in total. The molecule has 110 valence electrons. The first-order valence-corrected chi connectivity index (χ1v) is 8.87. The molecule has 0 spiro atoms. The van der Waals surface area contributed by atoms with Crippen LogP contribution in [0, 0.1) is 0 Å². The van der Waals surface area contributed by atoms with Gasteiger partial charge < -0.3 is 5.32 Å². The summed E-state index contributed by atoms with van der Waals surface area (Å²) in [6, 6.07) is 0. The Morgan fingerprint density at radius 2 is 2.00 bits per heavy atom. The van der Waals surface area contributed by atoms with Gasteiger partial charge in [0.25, 0.3) is 0 Å². The molecule has 0 saturated carbocycles. The van der Waals surface area contributed by atoms with Crippen molar-refractivity contribution in [1.29, 1.82) is 0 Å². The molecule has 0 amide bonds. The normalized spacial score (nSPS) is 12.9. The summed E-state index contributed by atoms with van der Waals surface area (Å²) in [5, 5.41) is 9.05. The van der Waals surface area contributed by atoms with E-state index < -0.39 is 10.0 Å². The van der Waals surface area contributed by atoms with Gasteiger partial charge in [0.2, 0.25) is 10.0 Å². The second-order valence-electron chi connectivity index (χ2n) is 5.64. The van der Waals surface area contributed by atoms with E-state index in [1.807, 2.05) is 0 Å². The van der Waals surface area contributed by atoms with Gasteiger partial charge in [0.1, 0.15) is 10.8 Å². The predicted molar refractivity (Wildman–Crippen MR) is 79.5 cm³/mol. The Kier molecular flexibility index (Phi) is 5.49. The molecule has 0 aliphatic rings. The van der Waals surface area contributed by atoms with Gasteiger partial charge in [0.05, 0.1) is 5.69 Å². The number of sulfonamides is 1. The maximum atomic E-state index is 11.1. The summed E-state index contributed by atoms with van der Waals surface area (Å²) < 4.78 is 22.3. The van der Waals surface area contributed by atoms with Gasteiger partial charge in [-0.1, -0.05) is 13.3 Å². The Labute approximate surface area is 119 Å². The Morgan fingerprint density at radius 1 is 1.37 bits per heavy atom. The van der Waals surface area contributed by atoms with Crippen LogP contribution in [0.1, 0.15) is 49.7 Å². The molecule has 0 aliphatic carbocycles. The fourth-order valence-electron chi connectivity index (χ4n) is 1.59. The van der Waals surface area contributed by atoms with Gasteiger partial charge in [0.15, 0.2) is 0 Å². The van der Waals surface area contributed by atoms with Crippen molar-refractivity contribution in [3.05, 3.63) is 15.6 Å². The van der Waals surface area contributed by atoms with Crippen LogP contribution >= 0.6 is 11.3 Å². The highest BCUT2D eigenvalue weighted by Crippen LogP contribution is 2.22. The van der Waals surface area contributed by atoms with E-state index in [9.17, 15) is 8.42 Å². The number of nitrogens with two attached hydrogens (primary N) is 1. The SMILES string of the molecule is CCCc1nc(CS(N)(=O)=O)sc1CNC(C)(C)C. The molecule has 0 bridgehead atoms. The predicted octanol–water partition coefficient (Wildman–Crippen LogP) is 1.77. The Hall–Kier alpha value is -0.500. The third kappa shape index (κ3) is 6.47. The summed E-state index contributed by atoms with van der Waals surface area (Å²) in [6.45, 7) is 9.08. The lowest BCUT2D eigenvalue weighted by Crippen LogP contribution is -2.35. The van der Waals surface area contributed by atoms with E-state index in [1.165, 1.54) is 11.3 Å². The highest BCUT2D eigenvalue weighted by molar-refractivity contribution is 7.88. The van der Waals surface area contributed by atoms with Crippen LogP contribution in [0.15, 0.2) is 0 Å². The second-order valence-corrected chi connectivity index (χ2v) is 8.42. The van der Waals surface area contributed by atoms with Crippen molar-refractivity contribution in [2.75, 3.05) is 0 Å². The minimum absolute atomic E-state index is 0.0214. The molecule has 1 aromatic heterocycles. The van der Waals surface area contributed by atoms with Crippen molar-refractivity contribution in [2.45, 2.75) is 58.4 Å². The largest absolute Gasteiger partial charge is 0.307 e. The number of aromatic nitrogens is 1. The zero-order chi connectivity index (χ0) is 14.7. The van der Waals surface area contributed by atoms with Gasteiger partial charge in [-0.25, -0.2) is 18.5 Å². The highest BCUT2D eigenvalue weighted by atomic mass is 32.2. The fraction of sp³-hybridized carbons (Fsp3) is 0.750. The van der Waals surface area contributed by atoms with Crippen molar-refractivity contribution in [3.8, 4) is 0 Å². The lowest BCUT2D eigenvalue weighted by Gasteiger charge is -2.20. The zero-order valence-electron chi connectivity index (χ0n) is 12.0. The summed E-state index contributed by atoms with van der Waals surface area (Å²) in [5.74, 6) is -0.177. The van der Waals surface area contributed by atoms with E-state index in [4.69, 9.17) is 5.14 Å². The summed E-state index contributed by atoms with van der Waals surface area (Å²) >= 11 is 1.43. The maximum absolute atomic E-state index is 11.1. The minimum Gasteiger partial charge on any atom is -0.307 e. The van der Waals surface area contributed by atoms with Crippen LogP contribution in [0.5, 0.6) is 0 Å². The zero-order valence-corrected chi connectivity index (χ0v) is 13.6. The number of nitrogens with zero attached hydrogens (tertiary/aromatic N) is 1. The molecule has 0 saturated heterocycles. The van der Waals surface area contributed by atoms with E-state index in [1.54, 1.807) is 0 Å². The molecule has 0 atom stereocenters. The fourth-order valence-corrected chi connectivity index (χ4v) is 3.57. The first kappa shape index (κ1) is 16.6. The van der Waals surface area contributed by atoms with Crippen LogP contribution in [0.25, 0.3) is 0 Å². The molecule has 5 nitrogen and oxygen atoms in total. The Bertz CT molecular complexity index is 516. The van der Waals surface area contributed by atoms with Crippen LogP contribution in [-0.2, 0) is 28.7 Å². The lowest BCUT2D eigenvalue weighted by atomic mass is 10.1. The molecule has 19 heavy (non-hydrogen) atoms. The summed E-state index contributed by atoms with van der Waals surface area (Å²) in [5.41, 5.74) is 1.01. The molecule has 0 unspecified atom stereocenters. The first-order chi connectivity index (χ1) is 8.61. The number of hydrogen-bond donors (Lipinski definition) is 2. The van der Waals surface area contributed by atoms with Crippen molar-refractivity contribution in [2.24, 2.45) is 5.14 Å². The first-order valence-electron chi connectivity index (χ1n) is 6.33. The quantitative estimate of drug-likeness (QED) is 0.839. The lowest BCUT2D eigenvalue weighted by molar-refractivity contribution is 0.425. The van der Waals surface area contributed by atoms with Crippen molar-refractivity contribution in [3.63, 3.8) is 0 Å². The number of hydrogen-bond acceptors (Lipinski definition) is 5. The van der Waals surface area contributed by atoms with Crippen LogP contribution in [-0.4, -0.2) is 18.9 Å². The van der Waals surface area contributed by atoms with Crippen LogP contribution in [0.2, 0.25) is 0 Å². The van der Waals surface area contributed by atoms with Crippen molar-refractivity contribution >= 4 is 21.4 Å². The second kappa shape index (κ2) is 6.30. The number of thiazole rings is 1. The van der Waals surface area contributed by atoms with Crippen LogP contribution in [0.3, 0.4) is 0 Å². The Morgan fingerprint density at radius 3 is 2.47 bits per heavy atom. The van der Waals surface area contributed by atoms with E-state index in [-0.39, 0.29) is 11.3 Å². The summed E-state index contributed by atoms with van der Waals surface area (Å²) in [7, 11) is -3.51. The molecular formula is C12H23N3O2S2. The number of primary sulfonamides is 1. The third-order valence-corrected chi connectivity index (χ3v) is 4.37. The van der Waals surface area contributed by atoms with Gasteiger partial charge in [0, 0.05) is 17.0 Å². The number of nitrogens with one attached hydrogen (secondary N) is 1. The highest BCUT2D eigenvalue weighted by Gasteiger charge is 2.16. The molecular weight excluding hydrogens is 282 g/mol. The third-order valence-electron chi connectivity index (χ3n) is 2.41. The van der Waals surface area contributed by atoms with Crippen LogP contribution in [0.4, 0.5) is 0 Å². The molecule has 0 aliphatic heterocycles. The molecule has 1 heterocycles. The smallest absolute Gasteiger partial charge is 0.215 e. The van der Waals surface area contributed by atoms with Gasteiger partial charge in [-0.15, -0.1) is 11.3 Å².